The summed E-state index contributed by atoms with van der Waals surface area (Å²) in [6, 6.07) is -1.35. The molecule has 1 heterocycles. The molecule has 6 heteroatoms. The summed E-state index contributed by atoms with van der Waals surface area (Å²) in [5, 5.41) is 17.7. The number of carbonyl (C=O) groups is 1. The van der Waals surface area contributed by atoms with Gasteiger partial charge >= 0.3 is 5.97 Å². The van der Waals surface area contributed by atoms with Gasteiger partial charge in [-0.1, -0.05) is 0 Å². The van der Waals surface area contributed by atoms with E-state index in [9.17, 15) is 9.90 Å². The summed E-state index contributed by atoms with van der Waals surface area (Å²) in [6.07, 6.45) is -0.113. The van der Waals surface area contributed by atoms with E-state index in [4.69, 9.17) is 10.8 Å². The second-order valence-corrected chi connectivity index (χ2v) is 2.36. The molecule has 0 fully saturated rings. The molecule has 0 spiro atoms. The van der Waals surface area contributed by atoms with Crippen molar-refractivity contribution < 1.29 is 24.8 Å². The number of aliphatic hydroxyl groups excluding tert-OH is 1. The average Bonchev–Trinajstić information content (AvgIpc) is 2.53. The van der Waals surface area contributed by atoms with Crippen LogP contribution in [-0.4, -0.2) is 34.9 Å². The lowest BCUT2D eigenvalue weighted by Crippen LogP contribution is -2.43. The van der Waals surface area contributed by atoms with Crippen molar-refractivity contribution in [3.05, 3.63) is 11.8 Å². The van der Waals surface area contributed by atoms with Crippen molar-refractivity contribution >= 4 is 5.97 Å². The molecule has 12 heavy (non-hydrogen) atoms. The van der Waals surface area contributed by atoms with E-state index >= 15 is 0 Å². The molecular weight excluding hydrogens is 166 g/mol. The van der Waals surface area contributed by atoms with Gasteiger partial charge in [0.1, 0.15) is 25.0 Å². The van der Waals surface area contributed by atoms with Crippen LogP contribution in [0.1, 0.15) is 0 Å². The second kappa shape index (κ2) is 3.53. The molecule has 2 atom stereocenters. The lowest BCUT2D eigenvalue weighted by molar-refractivity contribution is -0.222. The molecule has 0 saturated heterocycles. The fourth-order valence-corrected chi connectivity index (χ4v) is 0.753. The van der Waals surface area contributed by atoms with Gasteiger partial charge < -0.3 is 20.8 Å². The molecule has 1 aliphatic rings. The Balaban J connectivity index is 2.57. The second-order valence-electron chi connectivity index (χ2n) is 2.36. The van der Waals surface area contributed by atoms with E-state index in [2.05, 4.69) is 9.78 Å². The monoisotopic (exact) mass is 175 g/mol. The van der Waals surface area contributed by atoms with Gasteiger partial charge in [0, 0.05) is 5.57 Å². The maximum atomic E-state index is 10.3. The molecule has 1 aliphatic heterocycles. The average molecular weight is 175 g/mol. The largest absolute Gasteiger partial charge is 0.480 e. The Kier molecular flexibility index (Phi) is 2.64. The Hall–Kier alpha value is -1.11. The molecule has 0 aromatic rings. The van der Waals surface area contributed by atoms with Crippen LogP contribution >= 0.6 is 0 Å². The standard InChI is InChI=1S/C6H9NO5/c7-4(6(9)10)5(8)3-1-11-12-2-3/h1,4-5,8H,2,7H2,(H,9,10). The van der Waals surface area contributed by atoms with Crippen LogP contribution in [0.15, 0.2) is 11.8 Å². The van der Waals surface area contributed by atoms with Gasteiger partial charge in [-0.05, 0) is 0 Å². The summed E-state index contributed by atoms with van der Waals surface area (Å²) < 4.78 is 0. The number of hydrogen-bond acceptors (Lipinski definition) is 5. The highest BCUT2D eigenvalue weighted by Gasteiger charge is 2.27. The number of carboxylic acids is 1. The molecule has 0 aromatic carbocycles. The maximum absolute atomic E-state index is 10.3. The van der Waals surface area contributed by atoms with Gasteiger partial charge in [-0.15, -0.1) is 0 Å². The van der Waals surface area contributed by atoms with Crippen LogP contribution < -0.4 is 5.73 Å². The number of hydrogen-bond donors (Lipinski definition) is 3. The van der Waals surface area contributed by atoms with Crippen LogP contribution in [0.3, 0.4) is 0 Å². The molecule has 0 amide bonds. The quantitative estimate of drug-likeness (QED) is 0.456. The molecule has 2 unspecified atom stereocenters. The van der Waals surface area contributed by atoms with E-state index in [1.54, 1.807) is 0 Å². The Labute approximate surface area is 68.1 Å². The SMILES string of the molecule is NC(C(=O)O)C(O)C1=COOC1. The van der Waals surface area contributed by atoms with Crippen LogP contribution in [0, 0.1) is 0 Å². The van der Waals surface area contributed by atoms with E-state index in [0.29, 0.717) is 5.57 Å². The molecule has 6 nitrogen and oxygen atoms in total. The van der Waals surface area contributed by atoms with Gasteiger partial charge in [0.05, 0.1) is 0 Å². The van der Waals surface area contributed by atoms with Gasteiger partial charge in [-0.25, -0.2) is 0 Å². The highest BCUT2D eigenvalue weighted by Crippen LogP contribution is 2.12. The van der Waals surface area contributed by atoms with Gasteiger partial charge in [0.25, 0.3) is 0 Å². The van der Waals surface area contributed by atoms with Gasteiger partial charge in [-0.2, -0.15) is 4.89 Å². The summed E-state index contributed by atoms with van der Waals surface area (Å²) >= 11 is 0. The number of aliphatic carboxylic acids is 1. The minimum absolute atomic E-state index is 0.0438. The normalized spacial score (nSPS) is 21.0. The summed E-state index contributed by atoms with van der Waals surface area (Å²) in [6.45, 7) is 0.0438. The summed E-state index contributed by atoms with van der Waals surface area (Å²) in [5.41, 5.74) is 5.46. The molecule has 1 rings (SSSR count). The van der Waals surface area contributed by atoms with Crippen molar-refractivity contribution in [3.8, 4) is 0 Å². The van der Waals surface area contributed by atoms with E-state index in [1.807, 2.05) is 0 Å². The third-order valence-electron chi connectivity index (χ3n) is 1.50. The third-order valence-corrected chi connectivity index (χ3v) is 1.50. The molecule has 68 valence electrons. The number of nitrogens with two attached hydrogens (primary N) is 1. The van der Waals surface area contributed by atoms with E-state index < -0.39 is 18.1 Å². The highest BCUT2D eigenvalue weighted by atomic mass is 17.2. The van der Waals surface area contributed by atoms with Crippen molar-refractivity contribution in [2.45, 2.75) is 12.1 Å². The van der Waals surface area contributed by atoms with E-state index in [-0.39, 0.29) is 6.61 Å². The Morgan fingerprint density at radius 1 is 1.75 bits per heavy atom. The minimum Gasteiger partial charge on any atom is -0.480 e. The fraction of sp³-hybridized carbons (Fsp3) is 0.500. The zero-order valence-electron chi connectivity index (χ0n) is 6.14. The summed E-state index contributed by atoms with van der Waals surface area (Å²) in [7, 11) is 0. The minimum atomic E-state index is -1.35. The Bertz CT molecular complexity index is 214. The van der Waals surface area contributed by atoms with Crippen LogP contribution in [0.2, 0.25) is 0 Å². The fourth-order valence-electron chi connectivity index (χ4n) is 0.753. The zero-order valence-corrected chi connectivity index (χ0v) is 6.14. The van der Waals surface area contributed by atoms with Crippen LogP contribution in [0.5, 0.6) is 0 Å². The molecule has 0 bridgehead atoms. The van der Waals surface area contributed by atoms with Crippen molar-refractivity contribution in [3.63, 3.8) is 0 Å². The topological polar surface area (TPSA) is 102 Å². The Morgan fingerprint density at radius 2 is 2.42 bits per heavy atom. The van der Waals surface area contributed by atoms with Crippen LogP contribution in [0.4, 0.5) is 0 Å². The predicted molar refractivity (Wildman–Crippen MR) is 36.7 cm³/mol. The molecule has 0 aromatic heterocycles. The molecular formula is C6H9NO5. The molecule has 0 saturated carbocycles. The van der Waals surface area contributed by atoms with Crippen molar-refractivity contribution in [2.75, 3.05) is 6.61 Å². The predicted octanol–water partition coefficient (Wildman–Crippen LogP) is -1.40. The maximum Gasteiger partial charge on any atom is 0.323 e. The first-order valence-corrected chi connectivity index (χ1v) is 3.26. The first kappa shape index (κ1) is 8.98. The lowest BCUT2D eigenvalue weighted by atomic mass is 10.1. The third kappa shape index (κ3) is 1.73. The smallest absolute Gasteiger partial charge is 0.323 e. The van der Waals surface area contributed by atoms with E-state index in [1.165, 1.54) is 0 Å². The number of rotatable bonds is 3. The summed E-state index contributed by atoms with van der Waals surface area (Å²) in [4.78, 5) is 19.0. The molecule has 0 aliphatic carbocycles. The highest BCUT2D eigenvalue weighted by molar-refractivity contribution is 5.74. The first-order chi connectivity index (χ1) is 5.63. The van der Waals surface area contributed by atoms with Crippen molar-refractivity contribution in [1.82, 2.24) is 0 Å². The lowest BCUT2D eigenvalue weighted by Gasteiger charge is -2.13. The summed E-state index contributed by atoms with van der Waals surface area (Å²) in [5.74, 6) is -1.27. The Morgan fingerprint density at radius 3 is 2.83 bits per heavy atom. The molecule has 4 N–H and O–H groups in total. The molecule has 0 radical (unpaired) electrons. The number of aliphatic hydroxyl groups is 1. The first-order valence-electron chi connectivity index (χ1n) is 3.26. The van der Waals surface area contributed by atoms with Gasteiger partial charge in [0.15, 0.2) is 0 Å². The van der Waals surface area contributed by atoms with Gasteiger partial charge in [0.2, 0.25) is 0 Å². The van der Waals surface area contributed by atoms with Crippen LogP contribution in [0.25, 0.3) is 0 Å². The number of carboxylic acid groups (broad SMARTS) is 1. The van der Waals surface area contributed by atoms with Gasteiger partial charge in [-0.3, -0.25) is 4.79 Å². The zero-order chi connectivity index (χ0) is 9.14. The van der Waals surface area contributed by atoms with Crippen molar-refractivity contribution in [1.29, 1.82) is 0 Å². The van der Waals surface area contributed by atoms with Crippen LogP contribution in [-0.2, 0) is 14.6 Å². The van der Waals surface area contributed by atoms with E-state index in [0.717, 1.165) is 6.26 Å². The van der Waals surface area contributed by atoms with Crippen molar-refractivity contribution in [2.24, 2.45) is 5.73 Å².